The first-order chi connectivity index (χ1) is 6.76. The Balaban J connectivity index is 2.29. The molecule has 1 aliphatic carbocycles. The van der Waals surface area contributed by atoms with E-state index in [9.17, 15) is 0 Å². The third kappa shape index (κ3) is 1.41. The van der Waals surface area contributed by atoms with E-state index in [4.69, 9.17) is 12.2 Å². The molecule has 0 radical (unpaired) electrons. The largest absolute Gasteiger partial charge is 0.309 e. The average molecular weight is 186 g/mol. The maximum Gasteiger partial charge on any atom is 0.0937 e. The molecule has 1 aromatic carbocycles. The summed E-state index contributed by atoms with van der Waals surface area (Å²) in [6.07, 6.45) is 7.17. The number of hydrogen-bond donors (Lipinski definition) is 2. The summed E-state index contributed by atoms with van der Waals surface area (Å²) >= 11 is 0. The summed E-state index contributed by atoms with van der Waals surface area (Å²) in [6.45, 7) is 0.519. The molecule has 2 nitrogen and oxygen atoms in total. The fourth-order valence-corrected chi connectivity index (χ4v) is 2.03. The second-order valence-corrected chi connectivity index (χ2v) is 3.69. The summed E-state index contributed by atoms with van der Waals surface area (Å²) < 4.78 is 0. The van der Waals surface area contributed by atoms with Crippen molar-refractivity contribution in [3.63, 3.8) is 0 Å². The fraction of sp³-hybridized carbons (Fsp3) is 0.333. The Morgan fingerprint density at radius 1 is 1.50 bits per heavy atom. The number of nitrogens with two attached hydrogens (primary N) is 1. The van der Waals surface area contributed by atoms with Crippen LogP contribution in [0.25, 0.3) is 0 Å². The van der Waals surface area contributed by atoms with Gasteiger partial charge in [0.2, 0.25) is 0 Å². The molecule has 0 saturated heterocycles. The van der Waals surface area contributed by atoms with Crippen LogP contribution in [-0.2, 0) is 12.1 Å². The van der Waals surface area contributed by atoms with Crippen LogP contribution < -0.4 is 11.1 Å². The van der Waals surface area contributed by atoms with Gasteiger partial charge in [0.1, 0.15) is 0 Å². The van der Waals surface area contributed by atoms with Gasteiger partial charge < -0.3 is 5.73 Å². The first-order valence-electron chi connectivity index (χ1n) is 4.82. The number of terminal acetylenes is 1. The normalized spacial score (nSPS) is 24.3. The Morgan fingerprint density at radius 2 is 2.29 bits per heavy atom. The predicted molar refractivity (Wildman–Crippen MR) is 57.5 cm³/mol. The summed E-state index contributed by atoms with van der Waals surface area (Å²) in [5.41, 5.74) is 8.36. The fourth-order valence-electron chi connectivity index (χ4n) is 2.03. The van der Waals surface area contributed by atoms with E-state index in [2.05, 4.69) is 23.4 Å². The van der Waals surface area contributed by atoms with Crippen molar-refractivity contribution in [2.75, 3.05) is 6.54 Å². The highest BCUT2D eigenvalue weighted by atomic mass is 15.1. The zero-order valence-corrected chi connectivity index (χ0v) is 8.09. The lowest BCUT2D eigenvalue weighted by atomic mass is 10.0. The second kappa shape index (κ2) is 3.45. The van der Waals surface area contributed by atoms with Gasteiger partial charge in [-0.15, -0.1) is 6.42 Å². The van der Waals surface area contributed by atoms with E-state index >= 15 is 0 Å². The van der Waals surface area contributed by atoms with Gasteiger partial charge in [0.25, 0.3) is 0 Å². The highest BCUT2D eigenvalue weighted by molar-refractivity contribution is 5.37. The quantitative estimate of drug-likeness (QED) is 0.533. The molecule has 1 aromatic rings. The average Bonchev–Trinajstić information content (AvgIpc) is 2.55. The van der Waals surface area contributed by atoms with Crippen molar-refractivity contribution < 1.29 is 0 Å². The summed E-state index contributed by atoms with van der Waals surface area (Å²) in [5, 5.41) is 3.21. The van der Waals surface area contributed by atoms with Crippen molar-refractivity contribution >= 4 is 0 Å². The molecule has 2 heteroatoms. The van der Waals surface area contributed by atoms with Gasteiger partial charge in [-0.1, -0.05) is 30.2 Å². The van der Waals surface area contributed by atoms with Gasteiger partial charge in [-0.05, 0) is 24.0 Å². The van der Waals surface area contributed by atoms with E-state index in [0.29, 0.717) is 6.54 Å². The van der Waals surface area contributed by atoms with Crippen LogP contribution in [0.1, 0.15) is 17.5 Å². The van der Waals surface area contributed by atoms with E-state index in [1.165, 1.54) is 11.1 Å². The van der Waals surface area contributed by atoms with Crippen molar-refractivity contribution in [2.24, 2.45) is 5.73 Å². The van der Waals surface area contributed by atoms with Crippen molar-refractivity contribution in [3.8, 4) is 12.3 Å². The summed E-state index contributed by atoms with van der Waals surface area (Å²) in [7, 11) is 0. The molecule has 0 heterocycles. The van der Waals surface area contributed by atoms with Crippen molar-refractivity contribution in [1.29, 1.82) is 0 Å². The maximum absolute atomic E-state index is 6.25. The molecule has 0 bridgehead atoms. The van der Waals surface area contributed by atoms with Gasteiger partial charge in [0, 0.05) is 0 Å². The van der Waals surface area contributed by atoms with Gasteiger partial charge in [0.05, 0.1) is 12.2 Å². The van der Waals surface area contributed by atoms with Crippen molar-refractivity contribution in [1.82, 2.24) is 5.32 Å². The first kappa shape index (κ1) is 9.26. The lowest BCUT2D eigenvalue weighted by Crippen LogP contribution is -2.48. The summed E-state index contributed by atoms with van der Waals surface area (Å²) in [6, 6.07) is 8.27. The lowest BCUT2D eigenvalue weighted by molar-refractivity contribution is 0.362. The Morgan fingerprint density at radius 3 is 3.07 bits per heavy atom. The number of fused-ring (bicyclic) bond motifs is 1. The molecule has 0 amide bonds. The van der Waals surface area contributed by atoms with Gasteiger partial charge in [-0.2, -0.15) is 0 Å². The Bertz CT molecular complexity index is 378. The highest BCUT2D eigenvalue weighted by Crippen LogP contribution is 2.32. The van der Waals surface area contributed by atoms with Crippen molar-refractivity contribution in [3.05, 3.63) is 35.4 Å². The molecule has 1 aliphatic rings. The van der Waals surface area contributed by atoms with Crippen molar-refractivity contribution in [2.45, 2.75) is 18.5 Å². The maximum atomic E-state index is 6.25. The molecule has 14 heavy (non-hydrogen) atoms. The molecule has 1 atom stereocenters. The van der Waals surface area contributed by atoms with Gasteiger partial charge in [-0.25, -0.2) is 0 Å². The van der Waals surface area contributed by atoms with Gasteiger partial charge >= 0.3 is 0 Å². The third-order valence-corrected chi connectivity index (χ3v) is 2.79. The van der Waals surface area contributed by atoms with Gasteiger partial charge in [0.15, 0.2) is 0 Å². The molecule has 72 valence electrons. The zero-order valence-electron chi connectivity index (χ0n) is 8.09. The molecule has 0 fully saturated rings. The standard InChI is InChI=1S/C12H14N2/c1-2-9-14-12(13)8-7-10-5-3-4-6-11(10)12/h1,3-6,14H,7-9,13H2. The van der Waals surface area contributed by atoms with Crippen LogP contribution in [0.15, 0.2) is 24.3 Å². The van der Waals surface area contributed by atoms with Crippen LogP contribution >= 0.6 is 0 Å². The summed E-state index contributed by atoms with van der Waals surface area (Å²) in [4.78, 5) is 0. The second-order valence-electron chi connectivity index (χ2n) is 3.69. The zero-order chi connectivity index (χ0) is 10.0. The molecule has 0 saturated carbocycles. The number of hydrogen-bond acceptors (Lipinski definition) is 2. The molecular weight excluding hydrogens is 172 g/mol. The van der Waals surface area contributed by atoms with E-state index in [1.54, 1.807) is 0 Å². The van der Waals surface area contributed by atoms with Gasteiger partial charge in [-0.3, -0.25) is 5.32 Å². The molecule has 1 unspecified atom stereocenters. The van der Waals surface area contributed by atoms with E-state index in [0.717, 1.165) is 12.8 Å². The van der Waals surface area contributed by atoms with Crippen LogP contribution in [-0.4, -0.2) is 6.54 Å². The molecule has 0 spiro atoms. The van der Waals surface area contributed by atoms with Crippen LogP contribution in [0, 0.1) is 12.3 Å². The minimum absolute atomic E-state index is 0.414. The Kier molecular flexibility index (Phi) is 2.28. The number of rotatable bonds is 2. The predicted octanol–water partition coefficient (Wildman–Crippen LogP) is 0.967. The minimum atomic E-state index is -0.414. The molecule has 0 aliphatic heterocycles. The molecule has 0 aromatic heterocycles. The van der Waals surface area contributed by atoms with Crippen LogP contribution in [0.2, 0.25) is 0 Å². The molecule has 2 rings (SSSR count). The number of benzene rings is 1. The Hall–Kier alpha value is -1.30. The van der Waals surface area contributed by atoms with E-state index in [1.807, 2.05) is 12.1 Å². The smallest absolute Gasteiger partial charge is 0.0937 e. The Labute approximate surface area is 84.5 Å². The van der Waals surface area contributed by atoms with E-state index in [-0.39, 0.29) is 0 Å². The number of nitrogens with one attached hydrogen (secondary N) is 1. The SMILES string of the molecule is C#CCNC1(N)CCc2ccccc21. The monoisotopic (exact) mass is 186 g/mol. The van der Waals surface area contributed by atoms with E-state index < -0.39 is 5.66 Å². The highest BCUT2D eigenvalue weighted by Gasteiger charge is 2.33. The lowest BCUT2D eigenvalue weighted by Gasteiger charge is -2.25. The van der Waals surface area contributed by atoms with Crippen LogP contribution in [0.5, 0.6) is 0 Å². The molecule has 3 N–H and O–H groups in total. The topological polar surface area (TPSA) is 38.0 Å². The minimum Gasteiger partial charge on any atom is -0.309 e. The molecular formula is C12H14N2. The first-order valence-corrected chi connectivity index (χ1v) is 4.82. The summed E-state index contributed by atoms with van der Waals surface area (Å²) in [5.74, 6) is 2.56. The number of aryl methyl sites for hydroxylation is 1. The van der Waals surface area contributed by atoms with Crippen LogP contribution in [0.3, 0.4) is 0 Å². The third-order valence-electron chi connectivity index (χ3n) is 2.79. The van der Waals surface area contributed by atoms with Crippen LogP contribution in [0.4, 0.5) is 0 Å².